The number of nitrogens with one attached hydrogen (secondary N) is 3. The molecule has 3 N–H and O–H groups in total. The van der Waals surface area contributed by atoms with Crippen LogP contribution in [0.2, 0.25) is 5.02 Å². The molecule has 3 amide bonds. The van der Waals surface area contributed by atoms with Crippen molar-refractivity contribution in [3.63, 3.8) is 0 Å². The largest absolute Gasteiger partial charge is 0.350 e. The summed E-state index contributed by atoms with van der Waals surface area (Å²) in [4.78, 5) is 37.9. The Morgan fingerprint density at radius 1 is 0.862 bits per heavy atom. The zero-order valence-electron chi connectivity index (χ0n) is 17.0. The van der Waals surface area contributed by atoms with E-state index in [2.05, 4.69) is 16.0 Å². The Kier molecular flexibility index (Phi) is 7.79. The van der Waals surface area contributed by atoms with Crippen molar-refractivity contribution >= 4 is 35.0 Å². The van der Waals surface area contributed by atoms with Gasteiger partial charge in [-0.15, -0.1) is 0 Å². The number of rotatable bonds is 7. The Labute approximate surface area is 176 Å². The van der Waals surface area contributed by atoms with E-state index in [1.54, 1.807) is 36.4 Å². The summed E-state index contributed by atoms with van der Waals surface area (Å²) in [6.45, 7) is 7.36. The minimum atomic E-state index is -0.789. The van der Waals surface area contributed by atoms with Crippen molar-refractivity contribution in [1.29, 1.82) is 0 Å². The van der Waals surface area contributed by atoms with Gasteiger partial charge < -0.3 is 16.0 Å². The van der Waals surface area contributed by atoms with Crippen LogP contribution in [0.3, 0.4) is 0 Å². The first-order valence-electron chi connectivity index (χ1n) is 9.46. The third-order valence-electron chi connectivity index (χ3n) is 4.18. The SMILES string of the molecule is CC(C)NC(=O)c1ccc(Cl)cc1NC(=O)C(NC(=O)c1ccccc1)C(C)C. The average molecular weight is 416 g/mol. The number of halogens is 1. The second kappa shape index (κ2) is 10.1. The number of hydrogen-bond donors (Lipinski definition) is 3. The molecule has 2 aromatic carbocycles. The molecular formula is C22H26ClN3O3. The van der Waals surface area contributed by atoms with Crippen molar-refractivity contribution in [2.75, 3.05) is 5.32 Å². The smallest absolute Gasteiger partial charge is 0.253 e. The van der Waals surface area contributed by atoms with Crippen molar-refractivity contribution in [3.8, 4) is 0 Å². The third-order valence-corrected chi connectivity index (χ3v) is 4.41. The molecule has 0 aliphatic heterocycles. The summed E-state index contributed by atoms with van der Waals surface area (Å²) in [6, 6.07) is 12.5. The van der Waals surface area contributed by atoms with Crippen LogP contribution in [0.15, 0.2) is 48.5 Å². The van der Waals surface area contributed by atoms with Crippen molar-refractivity contribution in [2.24, 2.45) is 5.92 Å². The minimum absolute atomic E-state index is 0.0599. The molecule has 2 aromatic rings. The molecule has 1 atom stereocenters. The highest BCUT2D eigenvalue weighted by atomic mass is 35.5. The van der Waals surface area contributed by atoms with Crippen LogP contribution in [0.1, 0.15) is 48.4 Å². The van der Waals surface area contributed by atoms with E-state index in [9.17, 15) is 14.4 Å². The molecule has 154 valence electrons. The van der Waals surface area contributed by atoms with E-state index < -0.39 is 11.9 Å². The molecule has 0 saturated carbocycles. The molecule has 2 rings (SSSR count). The fourth-order valence-electron chi connectivity index (χ4n) is 2.72. The molecule has 0 fully saturated rings. The summed E-state index contributed by atoms with van der Waals surface area (Å²) in [5.74, 6) is -1.26. The molecule has 0 heterocycles. The summed E-state index contributed by atoms with van der Waals surface area (Å²) < 4.78 is 0. The quantitative estimate of drug-likeness (QED) is 0.641. The molecule has 0 bridgehead atoms. The topological polar surface area (TPSA) is 87.3 Å². The van der Waals surface area contributed by atoms with Crippen LogP contribution in [0, 0.1) is 5.92 Å². The van der Waals surface area contributed by atoms with Crippen LogP contribution in [0.4, 0.5) is 5.69 Å². The zero-order chi connectivity index (χ0) is 21.6. The summed E-state index contributed by atoms with van der Waals surface area (Å²) in [6.07, 6.45) is 0. The Morgan fingerprint density at radius 3 is 2.10 bits per heavy atom. The highest BCUT2D eigenvalue weighted by Gasteiger charge is 2.26. The summed E-state index contributed by atoms with van der Waals surface area (Å²) in [5.41, 5.74) is 1.05. The lowest BCUT2D eigenvalue weighted by atomic mass is 10.0. The molecule has 0 radical (unpaired) electrons. The molecule has 1 unspecified atom stereocenters. The number of anilines is 1. The van der Waals surface area contributed by atoms with Gasteiger partial charge in [-0.3, -0.25) is 14.4 Å². The van der Waals surface area contributed by atoms with Gasteiger partial charge in [0.1, 0.15) is 6.04 Å². The van der Waals surface area contributed by atoms with Gasteiger partial charge in [-0.1, -0.05) is 43.6 Å². The second-order valence-corrected chi connectivity index (χ2v) is 7.80. The standard InChI is InChI=1S/C22H26ClN3O3/c1-13(2)19(26-20(27)15-8-6-5-7-9-15)22(29)25-18-12-16(23)10-11-17(18)21(28)24-14(3)4/h5-14,19H,1-4H3,(H,24,28)(H,25,29)(H,26,27). The van der Waals surface area contributed by atoms with Crippen LogP contribution in [-0.2, 0) is 4.79 Å². The fraction of sp³-hybridized carbons (Fsp3) is 0.318. The lowest BCUT2D eigenvalue weighted by molar-refractivity contribution is -0.118. The predicted octanol–water partition coefficient (Wildman–Crippen LogP) is 3.87. The van der Waals surface area contributed by atoms with Gasteiger partial charge in [-0.25, -0.2) is 0 Å². The number of amides is 3. The van der Waals surface area contributed by atoms with Crippen LogP contribution < -0.4 is 16.0 Å². The van der Waals surface area contributed by atoms with E-state index in [-0.39, 0.29) is 23.8 Å². The van der Waals surface area contributed by atoms with Crippen LogP contribution in [0.5, 0.6) is 0 Å². The van der Waals surface area contributed by atoms with E-state index in [4.69, 9.17) is 11.6 Å². The maximum absolute atomic E-state index is 12.9. The zero-order valence-corrected chi connectivity index (χ0v) is 17.7. The molecule has 7 heteroatoms. The normalized spacial score (nSPS) is 11.8. The van der Waals surface area contributed by atoms with Gasteiger partial charge in [0.2, 0.25) is 5.91 Å². The first-order chi connectivity index (χ1) is 13.7. The van der Waals surface area contributed by atoms with E-state index in [0.29, 0.717) is 21.8 Å². The van der Waals surface area contributed by atoms with E-state index in [1.807, 2.05) is 33.8 Å². The van der Waals surface area contributed by atoms with Gasteiger partial charge in [0, 0.05) is 16.6 Å². The molecule has 0 aliphatic rings. The molecule has 29 heavy (non-hydrogen) atoms. The monoisotopic (exact) mass is 415 g/mol. The van der Waals surface area contributed by atoms with E-state index in [1.165, 1.54) is 6.07 Å². The lowest BCUT2D eigenvalue weighted by Gasteiger charge is -2.22. The molecule has 0 spiro atoms. The minimum Gasteiger partial charge on any atom is -0.350 e. The van der Waals surface area contributed by atoms with Gasteiger partial charge in [0.05, 0.1) is 11.3 Å². The Balaban J connectivity index is 2.22. The summed E-state index contributed by atoms with van der Waals surface area (Å²) in [7, 11) is 0. The number of carbonyl (C=O) groups is 3. The maximum atomic E-state index is 12.9. The van der Waals surface area contributed by atoms with E-state index in [0.717, 1.165) is 0 Å². The van der Waals surface area contributed by atoms with Crippen LogP contribution in [0.25, 0.3) is 0 Å². The average Bonchev–Trinajstić information content (AvgIpc) is 2.65. The second-order valence-electron chi connectivity index (χ2n) is 7.37. The number of benzene rings is 2. The van der Waals surface area contributed by atoms with Crippen molar-refractivity contribution < 1.29 is 14.4 Å². The molecule has 0 aliphatic carbocycles. The highest BCUT2D eigenvalue weighted by Crippen LogP contribution is 2.22. The molecule has 0 saturated heterocycles. The molecular weight excluding hydrogens is 390 g/mol. The van der Waals surface area contributed by atoms with Gasteiger partial charge in [0.25, 0.3) is 11.8 Å². The number of hydrogen-bond acceptors (Lipinski definition) is 3. The van der Waals surface area contributed by atoms with Crippen molar-refractivity contribution in [1.82, 2.24) is 10.6 Å². The predicted molar refractivity (Wildman–Crippen MR) is 115 cm³/mol. The van der Waals surface area contributed by atoms with Gasteiger partial charge in [-0.05, 0) is 50.1 Å². The summed E-state index contributed by atoms with van der Waals surface area (Å²) in [5, 5.41) is 8.69. The van der Waals surface area contributed by atoms with Crippen molar-refractivity contribution in [2.45, 2.75) is 39.8 Å². The first-order valence-corrected chi connectivity index (χ1v) is 9.84. The number of carbonyl (C=O) groups excluding carboxylic acids is 3. The Bertz CT molecular complexity index is 882. The molecule has 0 aromatic heterocycles. The van der Waals surface area contributed by atoms with Gasteiger partial charge >= 0.3 is 0 Å². The van der Waals surface area contributed by atoms with Crippen molar-refractivity contribution in [3.05, 3.63) is 64.7 Å². The highest BCUT2D eigenvalue weighted by molar-refractivity contribution is 6.31. The lowest BCUT2D eigenvalue weighted by Crippen LogP contribution is -2.47. The fourth-order valence-corrected chi connectivity index (χ4v) is 2.89. The van der Waals surface area contributed by atoms with Gasteiger partial charge in [-0.2, -0.15) is 0 Å². The van der Waals surface area contributed by atoms with Crippen LogP contribution in [-0.4, -0.2) is 29.8 Å². The summed E-state index contributed by atoms with van der Waals surface area (Å²) >= 11 is 6.06. The van der Waals surface area contributed by atoms with Crippen LogP contribution >= 0.6 is 11.6 Å². The van der Waals surface area contributed by atoms with E-state index >= 15 is 0 Å². The maximum Gasteiger partial charge on any atom is 0.253 e. The third kappa shape index (κ3) is 6.32. The van der Waals surface area contributed by atoms with Gasteiger partial charge in [0.15, 0.2) is 0 Å². The first kappa shape index (κ1) is 22.4. The molecule has 6 nitrogen and oxygen atoms in total. The Morgan fingerprint density at radius 2 is 1.52 bits per heavy atom. The Hall–Kier alpha value is -2.86.